The second kappa shape index (κ2) is 9.52. The van der Waals surface area contributed by atoms with E-state index in [0.717, 1.165) is 61.4 Å². The summed E-state index contributed by atoms with van der Waals surface area (Å²) in [5.74, 6) is 0.480. The number of nitrogens with zero attached hydrogens (tertiary/aromatic N) is 2. The number of anilines is 2. The van der Waals surface area contributed by atoms with Gasteiger partial charge in [0.15, 0.2) is 0 Å². The van der Waals surface area contributed by atoms with Crippen molar-refractivity contribution in [1.82, 2.24) is 4.98 Å². The molecule has 3 heterocycles. The van der Waals surface area contributed by atoms with Crippen molar-refractivity contribution >= 4 is 35.0 Å². The number of rotatable bonds is 5. The summed E-state index contributed by atoms with van der Waals surface area (Å²) < 4.78 is 38.3. The zero-order chi connectivity index (χ0) is 22.0. The molecule has 0 spiro atoms. The summed E-state index contributed by atoms with van der Waals surface area (Å²) >= 11 is 1.13. The Balaban J connectivity index is 0.00000289. The maximum Gasteiger partial charge on any atom is 0.416 e. The molecular formula is C23H23F3N4OS. The highest BCUT2D eigenvalue weighted by Crippen LogP contribution is 2.34. The van der Waals surface area contributed by atoms with E-state index in [9.17, 15) is 18.0 Å². The van der Waals surface area contributed by atoms with Crippen LogP contribution in [0.3, 0.4) is 0 Å². The van der Waals surface area contributed by atoms with Crippen LogP contribution in [-0.4, -0.2) is 30.2 Å². The van der Waals surface area contributed by atoms with Gasteiger partial charge in [0.2, 0.25) is 0 Å². The Bertz CT molecular complexity index is 1090. The molecule has 0 radical (unpaired) electrons. The molecule has 2 N–H and O–H groups in total. The molecule has 168 valence electrons. The molecule has 1 aliphatic rings. The van der Waals surface area contributed by atoms with Gasteiger partial charge < -0.3 is 15.6 Å². The van der Waals surface area contributed by atoms with Crippen molar-refractivity contribution < 1.29 is 18.0 Å². The summed E-state index contributed by atoms with van der Waals surface area (Å²) in [6, 6.07) is 10.0. The van der Waals surface area contributed by atoms with Crippen molar-refractivity contribution in [3.63, 3.8) is 0 Å². The van der Waals surface area contributed by atoms with Gasteiger partial charge in [-0.05, 0) is 48.7 Å². The van der Waals surface area contributed by atoms with Crippen molar-refractivity contribution in [2.24, 2.45) is 0 Å². The van der Waals surface area contributed by atoms with Crippen molar-refractivity contribution in [1.29, 1.82) is 5.41 Å². The first-order chi connectivity index (χ1) is 14.8. The number of benzene rings is 1. The molecule has 1 amide bonds. The van der Waals surface area contributed by atoms with Crippen molar-refractivity contribution in [3.05, 3.63) is 64.7 Å². The first kappa shape index (κ1) is 23.5. The van der Waals surface area contributed by atoms with Crippen LogP contribution in [0.2, 0.25) is 0 Å². The van der Waals surface area contributed by atoms with Crippen LogP contribution >= 0.6 is 11.3 Å². The largest absolute Gasteiger partial charge is 0.416 e. The summed E-state index contributed by atoms with van der Waals surface area (Å²) in [7, 11) is 0. The maximum atomic E-state index is 12.8. The van der Waals surface area contributed by atoms with Crippen LogP contribution < -0.4 is 10.2 Å². The molecule has 1 aromatic carbocycles. The Kier molecular flexibility index (Phi) is 6.98. The molecule has 0 unspecified atom stereocenters. The molecule has 2 aromatic heterocycles. The minimum absolute atomic E-state index is 0. The summed E-state index contributed by atoms with van der Waals surface area (Å²) in [6.45, 7) is 1.95. The van der Waals surface area contributed by atoms with Crippen LogP contribution in [0, 0.1) is 5.41 Å². The quantitative estimate of drug-likeness (QED) is 0.438. The number of thiophene rings is 1. The molecule has 1 aliphatic heterocycles. The Morgan fingerprint density at radius 2 is 1.81 bits per heavy atom. The van der Waals surface area contributed by atoms with Gasteiger partial charge in [0.25, 0.3) is 5.91 Å². The van der Waals surface area contributed by atoms with Crippen LogP contribution in [0.1, 0.15) is 41.1 Å². The maximum absolute atomic E-state index is 12.8. The second-order valence-corrected chi connectivity index (χ2v) is 8.22. The number of carbonyl (C=O) groups is 1. The molecule has 0 aliphatic carbocycles. The summed E-state index contributed by atoms with van der Waals surface area (Å²) in [4.78, 5) is 20.3. The van der Waals surface area contributed by atoms with E-state index in [1.807, 2.05) is 6.07 Å². The van der Waals surface area contributed by atoms with Gasteiger partial charge in [-0.25, -0.2) is 4.98 Å². The fourth-order valence-corrected chi connectivity index (χ4v) is 4.48. The predicted octanol–water partition coefficient (Wildman–Crippen LogP) is 6.32. The topological polar surface area (TPSA) is 69.1 Å². The van der Waals surface area contributed by atoms with Gasteiger partial charge in [-0.3, -0.25) is 4.79 Å². The zero-order valence-electron chi connectivity index (χ0n) is 16.4. The molecule has 3 aromatic rings. The molecule has 1 saturated heterocycles. The van der Waals surface area contributed by atoms with E-state index in [0.29, 0.717) is 26.6 Å². The molecule has 32 heavy (non-hydrogen) atoms. The number of halogens is 3. The minimum atomic E-state index is -4.41. The van der Waals surface area contributed by atoms with Gasteiger partial charge >= 0.3 is 6.18 Å². The lowest BCUT2D eigenvalue weighted by molar-refractivity contribution is -0.137. The first-order valence-corrected chi connectivity index (χ1v) is 10.5. The van der Waals surface area contributed by atoms with Crippen molar-refractivity contribution in [3.8, 4) is 10.4 Å². The number of amides is 1. The fourth-order valence-electron chi connectivity index (χ4n) is 3.44. The van der Waals surface area contributed by atoms with Crippen LogP contribution in [0.5, 0.6) is 0 Å². The summed E-state index contributed by atoms with van der Waals surface area (Å²) in [5, 5.41) is 10.4. The van der Waals surface area contributed by atoms with Crippen molar-refractivity contribution in [2.45, 2.75) is 26.4 Å². The SMILES string of the molecule is C.N=Cc1cc(-c2ccc(C(F)(F)F)cc2)sc1C(=O)Nc1ccc(N2CCCC2)nc1. The highest BCUT2D eigenvalue weighted by Gasteiger charge is 2.30. The number of aromatic nitrogens is 1. The molecule has 5 nitrogen and oxygen atoms in total. The molecular weight excluding hydrogens is 437 g/mol. The van der Waals surface area contributed by atoms with Gasteiger partial charge in [0.05, 0.1) is 17.4 Å². The minimum Gasteiger partial charge on any atom is -0.357 e. The third-order valence-electron chi connectivity index (χ3n) is 5.06. The van der Waals surface area contributed by atoms with Crippen LogP contribution in [0.15, 0.2) is 48.7 Å². The van der Waals surface area contributed by atoms with Crippen LogP contribution in [0.4, 0.5) is 24.7 Å². The molecule has 1 fully saturated rings. The lowest BCUT2D eigenvalue weighted by Gasteiger charge is -2.16. The number of carbonyl (C=O) groups excluding carboxylic acids is 1. The number of hydrogen-bond acceptors (Lipinski definition) is 5. The predicted molar refractivity (Wildman–Crippen MR) is 123 cm³/mol. The van der Waals surface area contributed by atoms with Crippen LogP contribution in [0.25, 0.3) is 10.4 Å². The summed E-state index contributed by atoms with van der Waals surface area (Å²) in [6.07, 6.45) is 0.545. The number of nitrogens with one attached hydrogen (secondary N) is 2. The first-order valence-electron chi connectivity index (χ1n) is 9.69. The standard InChI is InChI=1S/C22H19F3N4OS.CH4/c23-22(24,25)16-5-3-14(4-6-16)18-11-15(12-26)20(31-18)21(30)28-17-7-8-19(27-13-17)29-9-1-2-10-29;/h3-8,11-13,26H,1-2,9-10H2,(H,28,30);1H4. The summed E-state index contributed by atoms with van der Waals surface area (Å²) in [5.41, 5.74) is 0.757. The van der Waals surface area contributed by atoms with E-state index >= 15 is 0 Å². The smallest absolute Gasteiger partial charge is 0.357 e. The van der Waals surface area contributed by atoms with E-state index in [1.54, 1.807) is 18.3 Å². The number of hydrogen-bond donors (Lipinski definition) is 2. The lowest BCUT2D eigenvalue weighted by Crippen LogP contribution is -2.19. The van der Waals surface area contributed by atoms with Gasteiger partial charge in [-0.15, -0.1) is 11.3 Å². The third-order valence-corrected chi connectivity index (χ3v) is 6.25. The Labute approximate surface area is 188 Å². The fraction of sp³-hybridized carbons (Fsp3) is 0.261. The lowest BCUT2D eigenvalue weighted by atomic mass is 10.1. The van der Waals surface area contributed by atoms with E-state index in [-0.39, 0.29) is 7.43 Å². The normalized spacial score (nSPS) is 13.5. The van der Waals surface area contributed by atoms with Gasteiger partial charge in [0.1, 0.15) is 10.7 Å². The Hall–Kier alpha value is -3.20. The molecule has 0 bridgehead atoms. The van der Waals surface area contributed by atoms with Gasteiger partial charge in [-0.1, -0.05) is 19.6 Å². The highest BCUT2D eigenvalue weighted by molar-refractivity contribution is 7.17. The number of pyridine rings is 1. The van der Waals surface area contributed by atoms with Crippen molar-refractivity contribution in [2.75, 3.05) is 23.3 Å². The Morgan fingerprint density at radius 3 is 2.38 bits per heavy atom. The number of alkyl halides is 3. The third kappa shape index (κ3) is 4.99. The molecule has 0 atom stereocenters. The highest BCUT2D eigenvalue weighted by atomic mass is 32.1. The average Bonchev–Trinajstić information content (AvgIpc) is 3.44. The van der Waals surface area contributed by atoms with E-state index < -0.39 is 17.6 Å². The van der Waals surface area contributed by atoms with Gasteiger partial charge in [-0.2, -0.15) is 13.2 Å². The van der Waals surface area contributed by atoms with E-state index in [2.05, 4.69) is 15.2 Å². The van der Waals surface area contributed by atoms with E-state index in [4.69, 9.17) is 5.41 Å². The Morgan fingerprint density at radius 1 is 1.12 bits per heavy atom. The van der Waals surface area contributed by atoms with Gasteiger partial charge in [0, 0.05) is 29.7 Å². The second-order valence-electron chi connectivity index (χ2n) is 7.17. The average molecular weight is 461 g/mol. The monoisotopic (exact) mass is 460 g/mol. The molecule has 9 heteroatoms. The van der Waals surface area contributed by atoms with Crippen LogP contribution in [-0.2, 0) is 6.18 Å². The van der Waals surface area contributed by atoms with E-state index in [1.165, 1.54) is 12.1 Å². The molecule has 0 saturated carbocycles. The molecule has 4 rings (SSSR count). The zero-order valence-corrected chi connectivity index (χ0v) is 17.2.